The Hall–Kier alpha value is -1.50. The van der Waals surface area contributed by atoms with Gasteiger partial charge in [0.15, 0.2) is 0 Å². The van der Waals surface area contributed by atoms with E-state index in [-0.39, 0.29) is 11.1 Å². The molecule has 0 aliphatic carbocycles. The Balaban J connectivity index is 3.09. The molecule has 0 atom stereocenters. The molecule has 0 spiro atoms. The van der Waals surface area contributed by atoms with Crippen LogP contribution in [-0.2, 0) is 5.92 Å². The van der Waals surface area contributed by atoms with Gasteiger partial charge in [0.1, 0.15) is 12.2 Å². The van der Waals surface area contributed by atoms with Crippen LogP contribution in [0.5, 0.6) is 0 Å². The number of halogens is 3. The number of hydrogen-bond acceptors (Lipinski definition) is 1. The van der Waals surface area contributed by atoms with Crippen LogP contribution in [0.3, 0.4) is 0 Å². The van der Waals surface area contributed by atoms with Crippen molar-refractivity contribution in [2.24, 2.45) is 0 Å². The fourth-order valence-electron chi connectivity index (χ4n) is 1.07. The average Bonchev–Trinajstić information content (AvgIpc) is 2.09. The fourth-order valence-corrected chi connectivity index (χ4v) is 1.07. The van der Waals surface area contributed by atoms with E-state index in [0.29, 0.717) is 0 Å². The molecule has 1 rings (SSSR count). The van der Waals surface area contributed by atoms with Gasteiger partial charge in [-0.05, 0) is 24.6 Å². The summed E-state index contributed by atoms with van der Waals surface area (Å²) in [6, 6.07) is 4.44. The van der Waals surface area contributed by atoms with Gasteiger partial charge >= 0.3 is 0 Å². The predicted octanol–water partition coefficient (Wildman–Crippen LogP) is 3.14. The Morgan fingerprint density at radius 1 is 1.43 bits per heavy atom. The molecule has 74 valence electrons. The van der Waals surface area contributed by atoms with Crippen LogP contribution in [0.2, 0.25) is 0 Å². The summed E-state index contributed by atoms with van der Waals surface area (Å²) in [6.45, 7) is 1.40. The molecule has 0 N–H and O–H groups in total. The number of aryl methyl sites for hydroxylation is 1. The first kappa shape index (κ1) is 10.6. The van der Waals surface area contributed by atoms with Gasteiger partial charge in [-0.15, -0.1) is 0 Å². The monoisotopic (exact) mass is 199 g/mol. The molecule has 0 amide bonds. The third kappa shape index (κ3) is 2.05. The molecule has 0 radical (unpaired) electrons. The maximum Gasteiger partial charge on any atom is 0.286 e. The first-order valence-electron chi connectivity index (χ1n) is 3.99. The number of hydrogen-bond donors (Lipinski definition) is 0. The number of nitriles is 1. The van der Waals surface area contributed by atoms with Gasteiger partial charge in [0.25, 0.3) is 5.92 Å². The Morgan fingerprint density at radius 2 is 2.07 bits per heavy atom. The van der Waals surface area contributed by atoms with Crippen LogP contribution >= 0.6 is 0 Å². The number of rotatable bonds is 2. The highest BCUT2D eigenvalue weighted by Crippen LogP contribution is 2.31. The van der Waals surface area contributed by atoms with Gasteiger partial charge in [0.2, 0.25) is 0 Å². The quantitative estimate of drug-likeness (QED) is 0.717. The van der Waals surface area contributed by atoms with Crippen LogP contribution in [0, 0.1) is 24.1 Å². The van der Waals surface area contributed by atoms with E-state index >= 15 is 0 Å². The van der Waals surface area contributed by atoms with Crippen LogP contribution in [0.15, 0.2) is 18.2 Å². The van der Waals surface area contributed by atoms with Crippen LogP contribution in [-0.4, -0.2) is 0 Å². The first-order chi connectivity index (χ1) is 6.47. The summed E-state index contributed by atoms with van der Waals surface area (Å²) in [5.74, 6) is -3.73. The van der Waals surface area contributed by atoms with Crippen LogP contribution in [0.1, 0.15) is 17.5 Å². The summed E-state index contributed by atoms with van der Waals surface area (Å²) in [5, 5.41) is 8.18. The largest absolute Gasteiger partial charge is 0.286 e. The minimum Gasteiger partial charge on any atom is -0.207 e. The second kappa shape index (κ2) is 3.70. The van der Waals surface area contributed by atoms with Crippen LogP contribution < -0.4 is 0 Å². The zero-order valence-corrected chi connectivity index (χ0v) is 7.52. The summed E-state index contributed by atoms with van der Waals surface area (Å²) in [4.78, 5) is 0. The molecule has 1 nitrogen and oxygen atoms in total. The molecule has 0 fully saturated rings. The topological polar surface area (TPSA) is 23.8 Å². The molecule has 0 unspecified atom stereocenters. The van der Waals surface area contributed by atoms with Gasteiger partial charge < -0.3 is 0 Å². The van der Waals surface area contributed by atoms with E-state index in [1.54, 1.807) is 0 Å². The van der Waals surface area contributed by atoms with Crippen LogP contribution in [0.4, 0.5) is 13.2 Å². The minimum atomic E-state index is -3.20. The zero-order valence-electron chi connectivity index (χ0n) is 7.52. The van der Waals surface area contributed by atoms with E-state index in [1.807, 2.05) is 0 Å². The van der Waals surface area contributed by atoms with Crippen molar-refractivity contribution in [2.45, 2.75) is 19.3 Å². The second-order valence-electron chi connectivity index (χ2n) is 3.00. The molecule has 0 aromatic heterocycles. The fraction of sp³-hybridized carbons (Fsp3) is 0.300. The highest BCUT2D eigenvalue weighted by atomic mass is 19.3. The van der Waals surface area contributed by atoms with Gasteiger partial charge in [-0.25, -0.2) is 13.2 Å². The molecule has 0 aliphatic heterocycles. The Bertz CT molecular complexity index is 379. The van der Waals surface area contributed by atoms with Crippen molar-refractivity contribution in [3.63, 3.8) is 0 Å². The van der Waals surface area contributed by atoms with Crippen molar-refractivity contribution in [3.8, 4) is 6.07 Å². The number of alkyl halides is 2. The molecule has 0 saturated carbocycles. The molecule has 4 heteroatoms. The Kier molecular flexibility index (Phi) is 2.80. The summed E-state index contributed by atoms with van der Waals surface area (Å²) in [6.07, 6.45) is -0.891. The lowest BCUT2D eigenvalue weighted by atomic mass is 10.0. The highest BCUT2D eigenvalue weighted by Gasteiger charge is 2.31. The number of benzene rings is 1. The maximum absolute atomic E-state index is 13.1. The molecule has 0 bridgehead atoms. The van der Waals surface area contributed by atoms with Gasteiger partial charge in [0, 0.05) is 5.56 Å². The lowest BCUT2D eigenvalue weighted by Crippen LogP contribution is -2.12. The highest BCUT2D eigenvalue weighted by molar-refractivity contribution is 5.27. The third-order valence-electron chi connectivity index (χ3n) is 1.88. The average molecular weight is 199 g/mol. The van der Waals surface area contributed by atoms with Crippen LogP contribution in [0.25, 0.3) is 0 Å². The van der Waals surface area contributed by atoms with Crippen molar-refractivity contribution in [1.82, 2.24) is 0 Å². The van der Waals surface area contributed by atoms with E-state index in [9.17, 15) is 13.2 Å². The molecule has 1 aromatic carbocycles. The molecule has 1 aromatic rings. The Labute approximate surface area is 79.8 Å². The van der Waals surface area contributed by atoms with E-state index in [0.717, 1.165) is 18.2 Å². The van der Waals surface area contributed by atoms with Gasteiger partial charge in [0.05, 0.1) is 6.07 Å². The van der Waals surface area contributed by atoms with E-state index in [1.165, 1.54) is 13.0 Å². The number of nitrogens with zero attached hydrogens (tertiary/aromatic N) is 1. The van der Waals surface area contributed by atoms with Gasteiger partial charge in [-0.3, -0.25) is 0 Å². The van der Waals surface area contributed by atoms with Crippen molar-refractivity contribution >= 4 is 0 Å². The SMILES string of the molecule is Cc1cc(C(F)(F)CC#N)ccc1F. The maximum atomic E-state index is 13.1. The lowest BCUT2D eigenvalue weighted by molar-refractivity contribution is 0.000831. The van der Waals surface area contributed by atoms with E-state index in [2.05, 4.69) is 0 Å². The predicted molar refractivity (Wildman–Crippen MR) is 45.3 cm³/mol. The minimum absolute atomic E-state index is 0.153. The first-order valence-corrected chi connectivity index (χ1v) is 3.99. The molecular formula is C10H8F3N. The smallest absolute Gasteiger partial charge is 0.207 e. The molecule has 0 saturated heterocycles. The molecule has 0 aliphatic rings. The Morgan fingerprint density at radius 3 is 2.57 bits per heavy atom. The zero-order chi connectivity index (χ0) is 10.8. The van der Waals surface area contributed by atoms with Gasteiger partial charge in [-0.1, -0.05) is 6.07 Å². The molecular weight excluding hydrogens is 191 g/mol. The third-order valence-corrected chi connectivity index (χ3v) is 1.88. The van der Waals surface area contributed by atoms with E-state index < -0.39 is 18.2 Å². The normalized spacial score (nSPS) is 11.1. The second-order valence-corrected chi connectivity index (χ2v) is 3.00. The van der Waals surface area contributed by atoms with Crippen molar-refractivity contribution in [2.75, 3.05) is 0 Å². The summed E-state index contributed by atoms with van der Waals surface area (Å²) in [7, 11) is 0. The summed E-state index contributed by atoms with van der Waals surface area (Å²) >= 11 is 0. The van der Waals surface area contributed by atoms with Crippen molar-refractivity contribution < 1.29 is 13.2 Å². The van der Waals surface area contributed by atoms with E-state index in [4.69, 9.17) is 5.26 Å². The standard InChI is InChI=1S/C10H8F3N/c1-7-6-8(2-3-9(7)11)10(12,13)4-5-14/h2-3,6H,4H2,1H3. The molecule has 0 heterocycles. The molecule has 14 heavy (non-hydrogen) atoms. The lowest BCUT2D eigenvalue weighted by Gasteiger charge is -2.13. The van der Waals surface area contributed by atoms with Gasteiger partial charge in [-0.2, -0.15) is 5.26 Å². The van der Waals surface area contributed by atoms with Crippen molar-refractivity contribution in [3.05, 3.63) is 35.1 Å². The summed E-state index contributed by atoms with van der Waals surface area (Å²) < 4.78 is 39.0. The summed E-state index contributed by atoms with van der Waals surface area (Å²) in [5.41, 5.74) is -0.168. The van der Waals surface area contributed by atoms with Crippen molar-refractivity contribution in [1.29, 1.82) is 5.26 Å².